The molecule has 2 aromatic carbocycles. The van der Waals surface area contributed by atoms with Gasteiger partial charge in [0.25, 0.3) is 0 Å². The molecule has 1 heterocycles. The van der Waals surface area contributed by atoms with Crippen LogP contribution in [0.1, 0.15) is 13.8 Å². The molecule has 0 bridgehead atoms. The van der Waals surface area contributed by atoms with E-state index in [-0.39, 0.29) is 33.8 Å². The fourth-order valence-electron chi connectivity index (χ4n) is 3.15. The van der Waals surface area contributed by atoms with E-state index in [0.29, 0.717) is 23.7 Å². The summed E-state index contributed by atoms with van der Waals surface area (Å²) in [5, 5.41) is 2.43. The van der Waals surface area contributed by atoms with Gasteiger partial charge in [-0.2, -0.15) is 4.31 Å². The van der Waals surface area contributed by atoms with Gasteiger partial charge in [-0.25, -0.2) is 12.8 Å². The van der Waals surface area contributed by atoms with Crippen molar-refractivity contribution in [3.8, 4) is 0 Å². The molecule has 0 atom stereocenters. The van der Waals surface area contributed by atoms with E-state index in [2.05, 4.69) is 5.32 Å². The van der Waals surface area contributed by atoms with Crippen LogP contribution in [0.15, 0.2) is 46.2 Å². The summed E-state index contributed by atoms with van der Waals surface area (Å²) in [6, 6.07) is 8.33. The van der Waals surface area contributed by atoms with Crippen LogP contribution >= 0.6 is 23.4 Å². The quantitative estimate of drug-likeness (QED) is 0.647. The molecule has 1 aliphatic rings. The van der Waals surface area contributed by atoms with Gasteiger partial charge in [-0.1, -0.05) is 25.4 Å². The minimum Gasteiger partial charge on any atom is -0.324 e. The average Bonchev–Trinajstić information content (AvgIpc) is 2.73. The lowest BCUT2D eigenvalue weighted by Gasteiger charge is -2.29. The minimum absolute atomic E-state index is 0.0565. The number of nitrogens with one attached hydrogen (secondary N) is 1. The van der Waals surface area contributed by atoms with E-state index < -0.39 is 21.7 Å². The number of nitrogens with zero attached hydrogens (tertiary/aromatic N) is 2. The highest BCUT2D eigenvalue weighted by Gasteiger charge is 2.30. The molecular formula is C20H21ClFN3O4S2. The smallest absolute Gasteiger partial charge is 0.244 e. The summed E-state index contributed by atoms with van der Waals surface area (Å²) in [5.41, 5.74) is 0.648. The molecule has 0 spiro atoms. The van der Waals surface area contributed by atoms with Gasteiger partial charge in [-0.05, 0) is 36.4 Å². The Kier molecular flexibility index (Phi) is 7.25. The molecule has 166 valence electrons. The first-order valence-corrected chi connectivity index (χ1v) is 12.3. The Hall–Kier alpha value is -2.14. The number of sulfonamides is 1. The molecule has 1 N–H and O–H groups in total. The summed E-state index contributed by atoms with van der Waals surface area (Å²) in [4.78, 5) is 27.1. The third kappa shape index (κ3) is 5.03. The molecule has 0 fully saturated rings. The number of carbonyl (C=O) groups excluding carboxylic acids is 2. The zero-order valence-electron chi connectivity index (χ0n) is 16.9. The van der Waals surface area contributed by atoms with E-state index in [1.54, 1.807) is 19.9 Å². The molecule has 0 saturated heterocycles. The Bertz CT molecular complexity index is 1120. The number of hydrogen-bond acceptors (Lipinski definition) is 5. The molecule has 0 saturated carbocycles. The lowest BCUT2D eigenvalue weighted by Crippen LogP contribution is -2.41. The molecule has 0 radical (unpaired) electrons. The predicted molar refractivity (Wildman–Crippen MR) is 120 cm³/mol. The maximum absolute atomic E-state index is 13.3. The highest BCUT2D eigenvalue weighted by Crippen LogP contribution is 2.37. The summed E-state index contributed by atoms with van der Waals surface area (Å²) in [5.74, 6) is -1.32. The molecule has 1 aliphatic heterocycles. The molecule has 31 heavy (non-hydrogen) atoms. The van der Waals surface area contributed by atoms with Gasteiger partial charge in [-0.15, -0.1) is 11.8 Å². The molecule has 3 rings (SSSR count). The fourth-order valence-corrected chi connectivity index (χ4v) is 5.72. The minimum atomic E-state index is -3.73. The first-order valence-electron chi connectivity index (χ1n) is 9.49. The Morgan fingerprint density at radius 1 is 1.23 bits per heavy atom. The second-order valence-electron chi connectivity index (χ2n) is 6.66. The largest absolute Gasteiger partial charge is 0.324 e. The summed E-state index contributed by atoms with van der Waals surface area (Å²) in [7, 11) is -3.73. The number of halogens is 2. The fraction of sp³-hybridized carbons (Fsp3) is 0.300. The maximum Gasteiger partial charge on any atom is 0.244 e. The number of fused-ring (bicyclic) bond motifs is 1. The Balaban J connectivity index is 1.88. The summed E-state index contributed by atoms with van der Waals surface area (Å²) >= 11 is 7.02. The molecule has 0 unspecified atom stereocenters. The van der Waals surface area contributed by atoms with Crippen LogP contribution in [0.25, 0.3) is 0 Å². The van der Waals surface area contributed by atoms with E-state index in [9.17, 15) is 22.4 Å². The number of anilines is 2. The molecular weight excluding hydrogens is 465 g/mol. The predicted octanol–water partition coefficient (Wildman–Crippen LogP) is 3.59. The number of amides is 2. The van der Waals surface area contributed by atoms with Gasteiger partial charge in [0.15, 0.2) is 0 Å². The standard InChI is InChI=1S/C20H21ClFN3O4S2/c1-3-24(4-2)31(28,29)14-6-8-18-17(10-14)25(20(27)12-30-18)11-19(26)23-13-5-7-16(22)15(21)9-13/h5-10H,3-4,11-12H2,1-2H3,(H,23,26). The van der Waals surface area contributed by atoms with Crippen LogP contribution in [-0.4, -0.2) is 49.9 Å². The van der Waals surface area contributed by atoms with Crippen LogP contribution in [0.3, 0.4) is 0 Å². The van der Waals surface area contributed by atoms with Crippen molar-refractivity contribution in [1.82, 2.24) is 4.31 Å². The van der Waals surface area contributed by atoms with Gasteiger partial charge in [0.1, 0.15) is 12.4 Å². The van der Waals surface area contributed by atoms with Crippen LogP contribution in [0.5, 0.6) is 0 Å². The third-order valence-electron chi connectivity index (χ3n) is 4.72. The van der Waals surface area contributed by atoms with Gasteiger partial charge in [-0.3, -0.25) is 9.59 Å². The SMILES string of the molecule is CCN(CC)S(=O)(=O)c1ccc2c(c1)N(CC(=O)Nc1ccc(F)c(Cl)c1)C(=O)CS2. The molecule has 2 amide bonds. The zero-order valence-corrected chi connectivity index (χ0v) is 19.3. The molecule has 0 aromatic heterocycles. The molecule has 7 nitrogen and oxygen atoms in total. The van der Waals surface area contributed by atoms with E-state index in [1.807, 2.05) is 0 Å². The van der Waals surface area contributed by atoms with Gasteiger partial charge in [0.05, 0.1) is 21.4 Å². The zero-order chi connectivity index (χ0) is 22.8. The van der Waals surface area contributed by atoms with E-state index >= 15 is 0 Å². The number of carbonyl (C=O) groups is 2. The monoisotopic (exact) mass is 485 g/mol. The van der Waals surface area contributed by atoms with Gasteiger partial charge < -0.3 is 10.2 Å². The first kappa shape index (κ1) is 23.5. The lowest BCUT2D eigenvalue weighted by atomic mass is 10.2. The summed E-state index contributed by atoms with van der Waals surface area (Å²) < 4.78 is 40.4. The van der Waals surface area contributed by atoms with Crippen LogP contribution in [0.4, 0.5) is 15.8 Å². The Morgan fingerprint density at radius 3 is 2.58 bits per heavy atom. The number of benzene rings is 2. The van der Waals surface area contributed by atoms with Crippen molar-refractivity contribution in [2.45, 2.75) is 23.6 Å². The van der Waals surface area contributed by atoms with E-state index in [4.69, 9.17) is 11.6 Å². The van der Waals surface area contributed by atoms with Crippen molar-refractivity contribution < 1.29 is 22.4 Å². The van der Waals surface area contributed by atoms with E-state index in [0.717, 1.165) is 6.07 Å². The second kappa shape index (κ2) is 9.56. The van der Waals surface area contributed by atoms with Crippen LogP contribution in [0.2, 0.25) is 5.02 Å². The van der Waals surface area contributed by atoms with Gasteiger partial charge in [0.2, 0.25) is 21.8 Å². The number of hydrogen-bond donors (Lipinski definition) is 1. The van der Waals surface area contributed by atoms with Crippen LogP contribution in [0, 0.1) is 5.82 Å². The maximum atomic E-state index is 13.3. The van der Waals surface area contributed by atoms with Crippen molar-refractivity contribution in [3.63, 3.8) is 0 Å². The van der Waals surface area contributed by atoms with Gasteiger partial charge >= 0.3 is 0 Å². The van der Waals surface area contributed by atoms with Crippen molar-refractivity contribution in [2.75, 3.05) is 35.6 Å². The number of thioether (sulfide) groups is 1. The highest BCUT2D eigenvalue weighted by atomic mass is 35.5. The topological polar surface area (TPSA) is 86.8 Å². The lowest BCUT2D eigenvalue weighted by molar-refractivity contribution is -0.120. The van der Waals surface area contributed by atoms with Crippen molar-refractivity contribution in [2.24, 2.45) is 0 Å². The van der Waals surface area contributed by atoms with Gasteiger partial charge in [0, 0.05) is 23.7 Å². The Labute approximate surface area is 189 Å². The van der Waals surface area contributed by atoms with Crippen molar-refractivity contribution >= 4 is 56.6 Å². The molecule has 0 aliphatic carbocycles. The molecule has 11 heteroatoms. The normalized spacial score (nSPS) is 14.0. The third-order valence-corrected chi connectivity index (χ3v) is 8.10. The summed E-state index contributed by atoms with van der Waals surface area (Å²) in [6.07, 6.45) is 0. The highest BCUT2D eigenvalue weighted by molar-refractivity contribution is 8.00. The second-order valence-corrected chi connectivity index (χ2v) is 10.0. The van der Waals surface area contributed by atoms with Crippen molar-refractivity contribution in [3.05, 3.63) is 47.2 Å². The number of rotatable bonds is 7. The summed E-state index contributed by atoms with van der Waals surface area (Å²) in [6.45, 7) is 3.80. The average molecular weight is 486 g/mol. The van der Waals surface area contributed by atoms with Crippen LogP contribution < -0.4 is 10.2 Å². The Morgan fingerprint density at radius 2 is 1.94 bits per heavy atom. The molecule has 2 aromatic rings. The first-order chi connectivity index (χ1) is 14.7. The van der Waals surface area contributed by atoms with Crippen molar-refractivity contribution in [1.29, 1.82) is 0 Å². The van der Waals surface area contributed by atoms with E-state index in [1.165, 1.54) is 45.2 Å². The van der Waals surface area contributed by atoms with Crippen LogP contribution in [-0.2, 0) is 19.6 Å².